The highest BCUT2D eigenvalue weighted by Gasteiger charge is 2.17. The Morgan fingerprint density at radius 2 is 2.08 bits per heavy atom. The summed E-state index contributed by atoms with van der Waals surface area (Å²) in [6, 6.07) is 0. The van der Waals surface area contributed by atoms with Crippen molar-refractivity contribution < 1.29 is 9.84 Å². The fraction of sp³-hybridized carbons (Fsp3) is 0.818. The second kappa shape index (κ2) is 4.13. The van der Waals surface area contributed by atoms with Crippen LogP contribution in [0.5, 0.6) is 0 Å². The molecular formula is C11H18O2. The van der Waals surface area contributed by atoms with E-state index in [0.29, 0.717) is 5.92 Å². The van der Waals surface area contributed by atoms with E-state index in [9.17, 15) is 5.11 Å². The lowest BCUT2D eigenvalue weighted by atomic mass is 10.00. The third-order valence-corrected chi connectivity index (χ3v) is 2.04. The Kier molecular flexibility index (Phi) is 3.35. The summed E-state index contributed by atoms with van der Waals surface area (Å²) in [4.78, 5) is 0. The summed E-state index contributed by atoms with van der Waals surface area (Å²) in [5.74, 6) is 6.40. The molecule has 0 spiro atoms. The number of rotatable bonds is 0. The topological polar surface area (TPSA) is 29.5 Å². The lowest BCUT2D eigenvalue weighted by Gasteiger charge is -2.23. The smallest absolute Gasteiger partial charge is 0.120 e. The van der Waals surface area contributed by atoms with Gasteiger partial charge in [-0.3, -0.25) is 0 Å². The molecule has 74 valence electrons. The van der Waals surface area contributed by atoms with E-state index in [1.54, 1.807) is 13.8 Å². The number of hydrogen-bond acceptors (Lipinski definition) is 2. The van der Waals surface area contributed by atoms with Gasteiger partial charge in [0, 0.05) is 0 Å². The van der Waals surface area contributed by atoms with Crippen molar-refractivity contribution in [1.82, 2.24) is 0 Å². The Morgan fingerprint density at radius 3 is 2.54 bits per heavy atom. The molecule has 0 aromatic heterocycles. The summed E-state index contributed by atoms with van der Waals surface area (Å²) in [6.45, 7) is 6.35. The minimum absolute atomic E-state index is 0.0302. The number of aliphatic hydroxyl groups is 1. The predicted molar refractivity (Wildman–Crippen MR) is 52.2 cm³/mol. The molecule has 1 rings (SSSR count). The monoisotopic (exact) mass is 182 g/mol. The predicted octanol–water partition coefficient (Wildman–Crippen LogP) is 1.58. The van der Waals surface area contributed by atoms with Gasteiger partial charge in [-0.05, 0) is 32.6 Å². The molecular weight excluding hydrogens is 164 g/mol. The Labute approximate surface area is 80.3 Å². The van der Waals surface area contributed by atoms with Crippen molar-refractivity contribution in [3.63, 3.8) is 0 Å². The molecule has 2 nitrogen and oxygen atoms in total. The van der Waals surface area contributed by atoms with E-state index >= 15 is 0 Å². The van der Waals surface area contributed by atoms with Crippen LogP contribution in [0, 0.1) is 17.8 Å². The lowest BCUT2D eigenvalue weighted by Crippen LogP contribution is -2.24. The van der Waals surface area contributed by atoms with Crippen LogP contribution in [0.2, 0.25) is 0 Å². The van der Waals surface area contributed by atoms with Gasteiger partial charge in [-0.2, -0.15) is 0 Å². The van der Waals surface area contributed by atoms with Crippen molar-refractivity contribution in [1.29, 1.82) is 0 Å². The van der Waals surface area contributed by atoms with Crippen molar-refractivity contribution >= 4 is 0 Å². The minimum atomic E-state index is -0.896. The highest BCUT2D eigenvalue weighted by Crippen LogP contribution is 2.17. The summed E-state index contributed by atoms with van der Waals surface area (Å²) < 4.78 is 5.50. The third kappa shape index (κ3) is 4.31. The van der Waals surface area contributed by atoms with E-state index in [-0.39, 0.29) is 6.10 Å². The first kappa shape index (κ1) is 10.6. The average molecular weight is 182 g/mol. The summed E-state index contributed by atoms with van der Waals surface area (Å²) in [5, 5.41) is 9.37. The van der Waals surface area contributed by atoms with Crippen LogP contribution < -0.4 is 0 Å². The van der Waals surface area contributed by atoms with Crippen LogP contribution in [0.25, 0.3) is 0 Å². The second-order valence-corrected chi connectivity index (χ2v) is 4.33. The molecule has 1 fully saturated rings. The van der Waals surface area contributed by atoms with Gasteiger partial charge in [-0.15, -0.1) is 0 Å². The van der Waals surface area contributed by atoms with Crippen molar-refractivity contribution in [2.24, 2.45) is 5.92 Å². The summed E-state index contributed by atoms with van der Waals surface area (Å²) >= 11 is 0. The summed E-state index contributed by atoms with van der Waals surface area (Å²) in [5.41, 5.74) is -0.896. The summed E-state index contributed by atoms with van der Waals surface area (Å²) in [7, 11) is 0. The zero-order valence-corrected chi connectivity index (χ0v) is 8.63. The van der Waals surface area contributed by atoms with Gasteiger partial charge in [0.1, 0.15) is 11.7 Å². The molecule has 0 bridgehead atoms. The van der Waals surface area contributed by atoms with Crippen LogP contribution in [-0.4, -0.2) is 23.4 Å². The fourth-order valence-electron chi connectivity index (χ4n) is 1.25. The molecule has 0 aliphatic carbocycles. The molecule has 2 heteroatoms. The standard InChI is InChI=1S/C11H18O2/c1-9-4-5-10(13-8-9)6-7-11(2,3)12/h9-10,12H,4-5,8H2,1-3H3/t9-,10+/m1/s1. The van der Waals surface area contributed by atoms with Gasteiger partial charge >= 0.3 is 0 Å². The lowest BCUT2D eigenvalue weighted by molar-refractivity contribution is 0.0213. The second-order valence-electron chi connectivity index (χ2n) is 4.33. The fourth-order valence-corrected chi connectivity index (χ4v) is 1.25. The maximum absolute atomic E-state index is 9.37. The van der Waals surface area contributed by atoms with Crippen LogP contribution in [-0.2, 0) is 4.74 Å². The van der Waals surface area contributed by atoms with Gasteiger partial charge in [0.25, 0.3) is 0 Å². The van der Waals surface area contributed by atoms with Crippen LogP contribution >= 0.6 is 0 Å². The van der Waals surface area contributed by atoms with Gasteiger partial charge in [-0.25, -0.2) is 0 Å². The first-order valence-corrected chi connectivity index (χ1v) is 4.84. The average Bonchev–Trinajstić information content (AvgIpc) is 2.02. The van der Waals surface area contributed by atoms with Crippen LogP contribution in [0.1, 0.15) is 33.6 Å². The minimum Gasteiger partial charge on any atom is -0.378 e. The normalized spacial score (nSPS) is 29.2. The Balaban J connectivity index is 2.41. The molecule has 1 aliphatic heterocycles. The molecule has 0 amide bonds. The van der Waals surface area contributed by atoms with Crippen molar-refractivity contribution in [2.75, 3.05) is 6.61 Å². The first-order chi connectivity index (χ1) is 5.97. The van der Waals surface area contributed by atoms with Crippen molar-refractivity contribution in [3.05, 3.63) is 0 Å². The first-order valence-electron chi connectivity index (χ1n) is 4.84. The quantitative estimate of drug-likeness (QED) is 0.576. The van der Waals surface area contributed by atoms with Gasteiger partial charge in [0.15, 0.2) is 0 Å². The van der Waals surface area contributed by atoms with Crippen molar-refractivity contribution in [3.8, 4) is 11.8 Å². The van der Waals surface area contributed by atoms with Gasteiger partial charge in [0.05, 0.1) is 6.61 Å². The molecule has 1 aliphatic rings. The molecule has 0 radical (unpaired) electrons. The van der Waals surface area contributed by atoms with E-state index in [2.05, 4.69) is 18.8 Å². The third-order valence-electron chi connectivity index (χ3n) is 2.04. The molecule has 2 atom stereocenters. The van der Waals surface area contributed by atoms with Gasteiger partial charge < -0.3 is 9.84 Å². The molecule has 1 N–H and O–H groups in total. The van der Waals surface area contributed by atoms with E-state index < -0.39 is 5.60 Å². The van der Waals surface area contributed by atoms with Gasteiger partial charge in [-0.1, -0.05) is 18.8 Å². The van der Waals surface area contributed by atoms with Gasteiger partial charge in [0.2, 0.25) is 0 Å². The van der Waals surface area contributed by atoms with Crippen LogP contribution in [0.4, 0.5) is 0 Å². The van der Waals surface area contributed by atoms with Crippen LogP contribution in [0.15, 0.2) is 0 Å². The maximum Gasteiger partial charge on any atom is 0.120 e. The molecule has 13 heavy (non-hydrogen) atoms. The van der Waals surface area contributed by atoms with Crippen LogP contribution in [0.3, 0.4) is 0 Å². The Hall–Kier alpha value is -0.520. The zero-order chi connectivity index (χ0) is 9.90. The van der Waals surface area contributed by atoms with E-state index in [0.717, 1.165) is 13.0 Å². The van der Waals surface area contributed by atoms with E-state index in [1.807, 2.05) is 0 Å². The number of ether oxygens (including phenoxy) is 1. The number of hydrogen-bond donors (Lipinski definition) is 1. The van der Waals surface area contributed by atoms with E-state index in [1.165, 1.54) is 6.42 Å². The molecule has 0 unspecified atom stereocenters. The van der Waals surface area contributed by atoms with Crippen molar-refractivity contribution in [2.45, 2.75) is 45.3 Å². The Bertz CT molecular complexity index is 208. The van der Waals surface area contributed by atoms with E-state index in [4.69, 9.17) is 4.74 Å². The molecule has 0 saturated carbocycles. The molecule has 0 aromatic rings. The highest BCUT2D eigenvalue weighted by molar-refractivity contribution is 5.14. The largest absolute Gasteiger partial charge is 0.378 e. The molecule has 0 aromatic carbocycles. The molecule has 1 heterocycles. The molecule has 1 saturated heterocycles. The summed E-state index contributed by atoms with van der Waals surface area (Å²) in [6.07, 6.45) is 2.19. The maximum atomic E-state index is 9.37. The Morgan fingerprint density at radius 1 is 1.38 bits per heavy atom. The zero-order valence-electron chi connectivity index (χ0n) is 8.63. The highest BCUT2D eigenvalue weighted by atomic mass is 16.5. The SMILES string of the molecule is C[C@@H]1CC[C@@H](C#CC(C)(C)O)OC1.